The predicted molar refractivity (Wildman–Crippen MR) is 120 cm³/mol. The van der Waals surface area contributed by atoms with Gasteiger partial charge in [0.1, 0.15) is 11.9 Å². The Bertz CT molecular complexity index is 779. The van der Waals surface area contributed by atoms with Gasteiger partial charge >= 0.3 is 6.18 Å². The summed E-state index contributed by atoms with van der Waals surface area (Å²) in [7, 11) is 0. The Hall–Kier alpha value is -2.05. The average molecular weight is 451 g/mol. The molecule has 1 heterocycles. The van der Waals surface area contributed by atoms with Crippen molar-refractivity contribution in [1.29, 1.82) is 0 Å². The zero-order valence-corrected chi connectivity index (χ0v) is 18.7. The van der Waals surface area contributed by atoms with Gasteiger partial charge in [0.25, 0.3) is 0 Å². The fourth-order valence-electron chi connectivity index (χ4n) is 3.80. The Balaban J connectivity index is 1.44. The van der Waals surface area contributed by atoms with Gasteiger partial charge in [0.2, 0.25) is 0 Å². The minimum absolute atomic E-state index is 0.0385. The maximum atomic E-state index is 12.2. The summed E-state index contributed by atoms with van der Waals surface area (Å²) in [5.74, 6) is 0.574. The molecule has 1 aliphatic rings. The Morgan fingerprint density at radius 3 is 2.12 bits per heavy atom. The fraction of sp³-hybridized carbons (Fsp3) is 0.538. The highest BCUT2D eigenvalue weighted by Crippen LogP contribution is 2.28. The maximum Gasteiger partial charge on any atom is 0.389 e. The molecule has 2 aromatic carbocycles. The summed E-state index contributed by atoms with van der Waals surface area (Å²) in [5, 5.41) is 0. The topological polar surface area (TPSA) is 27.7 Å². The van der Waals surface area contributed by atoms with E-state index in [0.29, 0.717) is 19.0 Å². The normalized spacial score (nSPS) is 19.1. The number of halogens is 3. The number of unbranched alkanes of at least 4 members (excludes halogenated alkanes) is 3. The van der Waals surface area contributed by atoms with Gasteiger partial charge in [-0.2, -0.15) is 13.2 Å². The lowest BCUT2D eigenvalue weighted by atomic mass is 10.0. The summed E-state index contributed by atoms with van der Waals surface area (Å²) in [5.41, 5.74) is 3.18. The first-order valence-corrected chi connectivity index (χ1v) is 11.6. The number of hydrogen-bond acceptors (Lipinski definition) is 3. The molecule has 0 aromatic heterocycles. The zero-order valence-electron chi connectivity index (χ0n) is 18.7. The van der Waals surface area contributed by atoms with Gasteiger partial charge in [0.15, 0.2) is 0 Å². The molecule has 0 bridgehead atoms. The lowest BCUT2D eigenvalue weighted by Gasteiger charge is -2.30. The molecule has 0 spiro atoms. The first-order valence-electron chi connectivity index (χ1n) is 11.6. The largest absolute Gasteiger partial charge is 0.494 e. The monoisotopic (exact) mass is 450 g/mol. The van der Waals surface area contributed by atoms with E-state index in [2.05, 4.69) is 31.2 Å². The van der Waals surface area contributed by atoms with Crippen molar-refractivity contribution in [2.75, 3.05) is 19.8 Å². The van der Waals surface area contributed by atoms with Gasteiger partial charge in [-0.15, -0.1) is 0 Å². The number of rotatable bonds is 11. The molecular weight excluding hydrogens is 417 g/mol. The Labute approximate surface area is 188 Å². The van der Waals surface area contributed by atoms with Gasteiger partial charge < -0.3 is 14.2 Å². The van der Waals surface area contributed by atoms with Crippen molar-refractivity contribution in [3.63, 3.8) is 0 Å². The van der Waals surface area contributed by atoms with E-state index in [1.807, 2.05) is 12.1 Å². The van der Waals surface area contributed by atoms with Crippen molar-refractivity contribution >= 4 is 0 Å². The zero-order chi connectivity index (χ0) is 22.8. The first kappa shape index (κ1) is 24.6. The molecule has 1 saturated heterocycles. The molecule has 2 atom stereocenters. The molecule has 0 saturated carbocycles. The van der Waals surface area contributed by atoms with Crippen molar-refractivity contribution < 1.29 is 27.4 Å². The van der Waals surface area contributed by atoms with Crippen LogP contribution in [0.4, 0.5) is 13.2 Å². The lowest BCUT2D eigenvalue weighted by molar-refractivity contribution is -0.137. The first-order chi connectivity index (χ1) is 15.4. The molecule has 0 radical (unpaired) electrons. The molecule has 6 heteroatoms. The third kappa shape index (κ3) is 8.14. The summed E-state index contributed by atoms with van der Waals surface area (Å²) in [6, 6.07) is 15.6. The van der Waals surface area contributed by atoms with Crippen LogP contribution in [0, 0.1) is 0 Å². The molecular formula is C26H33F3O3. The van der Waals surface area contributed by atoms with Gasteiger partial charge in [0.05, 0.1) is 25.9 Å². The standard InChI is InChI=1S/C26H33F3O3/c1-2-3-4-5-7-24-18-32-25(19-31-24)22-10-8-20(9-11-22)21-12-14-23(15-13-21)30-17-6-16-26(27,28)29/h8-15,24-25H,2-7,16-19H2,1H3/t24-,25-/m0/s1. The maximum absolute atomic E-state index is 12.2. The Morgan fingerprint density at radius 2 is 1.53 bits per heavy atom. The smallest absolute Gasteiger partial charge is 0.389 e. The van der Waals surface area contributed by atoms with Crippen molar-refractivity contribution in [3.8, 4) is 16.9 Å². The molecule has 3 rings (SSSR count). The van der Waals surface area contributed by atoms with E-state index in [4.69, 9.17) is 14.2 Å². The van der Waals surface area contributed by atoms with Crippen molar-refractivity contribution in [2.24, 2.45) is 0 Å². The second kappa shape index (κ2) is 12.3. The molecule has 176 valence electrons. The quantitative estimate of drug-likeness (QED) is 0.332. The van der Waals surface area contributed by atoms with Crippen LogP contribution >= 0.6 is 0 Å². The molecule has 3 nitrogen and oxygen atoms in total. The molecule has 2 aromatic rings. The van der Waals surface area contributed by atoms with Crippen molar-refractivity contribution in [2.45, 2.75) is 70.3 Å². The summed E-state index contributed by atoms with van der Waals surface area (Å²) in [6.07, 6.45) is 1.19. The highest BCUT2D eigenvalue weighted by molar-refractivity contribution is 5.64. The van der Waals surface area contributed by atoms with Crippen LogP contribution in [0.5, 0.6) is 5.75 Å². The molecule has 1 fully saturated rings. The summed E-state index contributed by atoms with van der Waals surface area (Å²) < 4.78 is 54.0. The molecule has 0 amide bonds. The van der Waals surface area contributed by atoms with Crippen LogP contribution in [-0.2, 0) is 9.47 Å². The fourth-order valence-corrected chi connectivity index (χ4v) is 3.80. The number of alkyl halides is 3. The van der Waals surface area contributed by atoms with Gasteiger partial charge in [-0.25, -0.2) is 0 Å². The molecule has 0 N–H and O–H groups in total. The van der Waals surface area contributed by atoms with Crippen molar-refractivity contribution in [3.05, 3.63) is 54.1 Å². The number of ether oxygens (including phenoxy) is 3. The van der Waals surface area contributed by atoms with E-state index in [1.165, 1.54) is 25.7 Å². The SMILES string of the molecule is CCCCCC[C@H]1CO[C@H](c2ccc(-c3ccc(OCCCC(F)(F)F)cc3)cc2)CO1. The van der Waals surface area contributed by atoms with Crippen LogP contribution in [0.3, 0.4) is 0 Å². The minimum Gasteiger partial charge on any atom is -0.494 e. The third-order valence-electron chi connectivity index (χ3n) is 5.69. The van der Waals surface area contributed by atoms with E-state index in [-0.39, 0.29) is 25.2 Å². The number of benzene rings is 2. The average Bonchev–Trinajstić information content (AvgIpc) is 2.80. The second-order valence-electron chi connectivity index (χ2n) is 8.34. The molecule has 0 unspecified atom stereocenters. The summed E-state index contributed by atoms with van der Waals surface area (Å²) >= 11 is 0. The number of hydrogen-bond donors (Lipinski definition) is 0. The van der Waals surface area contributed by atoms with Gasteiger partial charge in [0, 0.05) is 6.42 Å². The molecule has 1 aliphatic heterocycles. The van der Waals surface area contributed by atoms with Crippen LogP contribution in [0.25, 0.3) is 11.1 Å². The highest BCUT2D eigenvalue weighted by atomic mass is 19.4. The summed E-state index contributed by atoms with van der Waals surface area (Å²) in [6.45, 7) is 3.49. The lowest BCUT2D eigenvalue weighted by Crippen LogP contribution is -2.31. The van der Waals surface area contributed by atoms with Crippen LogP contribution in [0.2, 0.25) is 0 Å². The second-order valence-corrected chi connectivity index (χ2v) is 8.34. The van der Waals surface area contributed by atoms with Crippen LogP contribution in [0.15, 0.2) is 48.5 Å². The summed E-state index contributed by atoms with van der Waals surface area (Å²) in [4.78, 5) is 0. The van der Waals surface area contributed by atoms with Crippen molar-refractivity contribution in [1.82, 2.24) is 0 Å². The van der Waals surface area contributed by atoms with E-state index in [1.54, 1.807) is 12.1 Å². The minimum atomic E-state index is -4.13. The van der Waals surface area contributed by atoms with Crippen LogP contribution in [0.1, 0.15) is 63.5 Å². The van der Waals surface area contributed by atoms with Crippen LogP contribution < -0.4 is 4.74 Å². The van der Waals surface area contributed by atoms with E-state index in [9.17, 15) is 13.2 Å². The predicted octanol–water partition coefficient (Wildman–Crippen LogP) is 7.50. The van der Waals surface area contributed by atoms with Gasteiger partial charge in [-0.3, -0.25) is 0 Å². The van der Waals surface area contributed by atoms with Gasteiger partial charge in [-0.1, -0.05) is 69.0 Å². The van der Waals surface area contributed by atoms with Gasteiger partial charge in [-0.05, 0) is 41.7 Å². The Kier molecular flexibility index (Phi) is 9.42. The molecule has 32 heavy (non-hydrogen) atoms. The van der Waals surface area contributed by atoms with E-state index < -0.39 is 12.6 Å². The third-order valence-corrected chi connectivity index (χ3v) is 5.69. The Morgan fingerprint density at radius 1 is 0.844 bits per heavy atom. The van der Waals surface area contributed by atoms with Crippen LogP contribution in [-0.4, -0.2) is 32.1 Å². The highest BCUT2D eigenvalue weighted by Gasteiger charge is 2.26. The van der Waals surface area contributed by atoms with E-state index in [0.717, 1.165) is 23.1 Å². The van der Waals surface area contributed by atoms with E-state index >= 15 is 0 Å². The molecule has 0 aliphatic carbocycles.